The van der Waals surface area contributed by atoms with Gasteiger partial charge in [0, 0.05) is 50.3 Å². The van der Waals surface area contributed by atoms with E-state index in [0.717, 1.165) is 96.9 Å². The van der Waals surface area contributed by atoms with Crippen molar-refractivity contribution in [1.29, 1.82) is 0 Å². The van der Waals surface area contributed by atoms with E-state index >= 15 is 0 Å². The first-order valence-electron chi connectivity index (χ1n) is 21.8. The molecule has 0 atom stereocenters. The highest BCUT2D eigenvalue weighted by molar-refractivity contribution is 5.26. The molecule has 6 aromatic rings. The molecule has 0 saturated carbocycles. The second-order valence-corrected chi connectivity index (χ2v) is 16.0. The molecule has 0 unspecified atom stereocenters. The van der Waals surface area contributed by atoms with E-state index in [1.54, 1.807) is 0 Å². The van der Waals surface area contributed by atoms with Gasteiger partial charge in [0.1, 0.15) is 0 Å². The van der Waals surface area contributed by atoms with Crippen LogP contribution in [0.2, 0.25) is 0 Å². The average molecular weight is 771 g/mol. The number of hydrogen-bond donors (Lipinski definition) is 3. The Labute approximate surface area is 349 Å². The van der Waals surface area contributed by atoms with Crippen molar-refractivity contribution in [3.8, 4) is 0 Å². The van der Waals surface area contributed by atoms with Crippen LogP contribution in [0, 0.1) is 0 Å². The molecule has 6 rings (SSSR count). The van der Waals surface area contributed by atoms with Crippen LogP contribution >= 0.6 is 0 Å². The first-order valence-corrected chi connectivity index (χ1v) is 21.8. The molecular formula is C54H66N4. The Morgan fingerprint density at radius 3 is 1.00 bits per heavy atom. The number of nitrogens with zero attached hydrogens (tertiary/aromatic N) is 1. The lowest BCUT2D eigenvalue weighted by atomic mass is 9.63. The van der Waals surface area contributed by atoms with E-state index in [1.807, 2.05) is 0 Å². The highest BCUT2D eigenvalue weighted by Crippen LogP contribution is 2.44. The van der Waals surface area contributed by atoms with Crippen LogP contribution in [-0.4, -0.2) is 55.2 Å². The van der Waals surface area contributed by atoms with Crippen LogP contribution in [0.1, 0.15) is 59.1 Å². The lowest BCUT2D eigenvalue weighted by Gasteiger charge is -2.58. The predicted molar refractivity (Wildman–Crippen MR) is 246 cm³/mol. The van der Waals surface area contributed by atoms with Crippen molar-refractivity contribution < 1.29 is 0 Å². The van der Waals surface area contributed by atoms with E-state index in [2.05, 4.69) is 198 Å². The van der Waals surface area contributed by atoms with Gasteiger partial charge in [0.05, 0.1) is 0 Å². The van der Waals surface area contributed by atoms with Crippen molar-refractivity contribution in [2.75, 3.05) is 39.3 Å². The molecule has 4 nitrogen and oxygen atoms in total. The third-order valence-electron chi connectivity index (χ3n) is 12.3. The molecule has 302 valence electrons. The van der Waals surface area contributed by atoms with E-state index in [1.165, 1.54) is 33.4 Å². The minimum Gasteiger partial charge on any atom is -0.329 e. The summed E-state index contributed by atoms with van der Waals surface area (Å²) in [6.07, 6.45) is 10.2. The van der Waals surface area contributed by atoms with Gasteiger partial charge in [-0.3, -0.25) is 4.90 Å². The fourth-order valence-corrected chi connectivity index (χ4v) is 9.13. The van der Waals surface area contributed by atoms with Crippen molar-refractivity contribution in [3.05, 3.63) is 215 Å². The largest absolute Gasteiger partial charge is 0.329 e. The maximum atomic E-state index is 5.99. The lowest BCUT2D eigenvalue weighted by Crippen LogP contribution is -2.72. The second-order valence-electron chi connectivity index (χ2n) is 16.0. The summed E-state index contributed by atoms with van der Waals surface area (Å²) in [5.41, 5.74) is 13.9. The van der Waals surface area contributed by atoms with Crippen LogP contribution in [0.5, 0.6) is 0 Å². The van der Waals surface area contributed by atoms with E-state index in [0.29, 0.717) is 6.54 Å². The van der Waals surface area contributed by atoms with E-state index < -0.39 is 0 Å². The Hall–Kier alpha value is -4.84. The molecular weight excluding hydrogens is 705 g/mol. The van der Waals surface area contributed by atoms with Gasteiger partial charge in [0.25, 0.3) is 0 Å². The first kappa shape index (κ1) is 42.8. The number of nitrogens with one attached hydrogen (secondary N) is 2. The summed E-state index contributed by atoms with van der Waals surface area (Å²) in [7, 11) is 0. The number of nitrogens with two attached hydrogens (primary N) is 1. The number of aryl methyl sites for hydroxylation is 4. The molecule has 0 radical (unpaired) electrons. The van der Waals surface area contributed by atoms with E-state index in [4.69, 9.17) is 5.73 Å². The van der Waals surface area contributed by atoms with Gasteiger partial charge in [-0.15, -0.1) is 0 Å². The zero-order chi connectivity index (χ0) is 40.0. The monoisotopic (exact) mass is 771 g/mol. The van der Waals surface area contributed by atoms with Gasteiger partial charge in [0.15, 0.2) is 0 Å². The summed E-state index contributed by atoms with van der Waals surface area (Å²) >= 11 is 0. The molecule has 0 aliphatic rings. The summed E-state index contributed by atoms with van der Waals surface area (Å²) in [6.45, 7) is 5.15. The van der Waals surface area contributed by atoms with Crippen molar-refractivity contribution in [2.24, 2.45) is 5.73 Å². The third kappa shape index (κ3) is 12.8. The van der Waals surface area contributed by atoms with Gasteiger partial charge in [0.2, 0.25) is 0 Å². The summed E-state index contributed by atoms with van der Waals surface area (Å²) in [5.74, 6) is 0. The quantitative estimate of drug-likeness (QED) is 0.0481. The molecule has 6 aromatic carbocycles. The molecule has 0 saturated heterocycles. The molecule has 0 aliphatic carbocycles. The van der Waals surface area contributed by atoms with E-state index in [-0.39, 0.29) is 11.1 Å². The Balaban J connectivity index is 1.54. The van der Waals surface area contributed by atoms with Crippen LogP contribution in [0.4, 0.5) is 0 Å². The van der Waals surface area contributed by atoms with Crippen molar-refractivity contribution >= 4 is 0 Å². The molecule has 0 amide bonds. The minimum atomic E-state index is -0.250. The van der Waals surface area contributed by atoms with Gasteiger partial charge in [-0.1, -0.05) is 182 Å². The Morgan fingerprint density at radius 2 is 0.672 bits per heavy atom. The lowest BCUT2D eigenvalue weighted by molar-refractivity contribution is -0.0289. The number of rotatable bonds is 26. The maximum absolute atomic E-state index is 5.99. The van der Waals surface area contributed by atoms with Crippen LogP contribution in [0.15, 0.2) is 182 Å². The topological polar surface area (TPSA) is 53.3 Å². The zero-order valence-corrected chi connectivity index (χ0v) is 34.7. The fraction of sp³-hybridized carbons (Fsp3) is 0.333. The highest BCUT2D eigenvalue weighted by Gasteiger charge is 2.52. The standard InChI is InChI=1S/C54H66N4/c55-41-42-56-43-44-57-53(37-31-47-19-7-1-8-20-47,38-32-48-21-9-2-10-22-48)54(39-33-49-23-11-3-12-24-49,40-34-50-25-13-4-14-26-50)58(45-35-51-27-15-5-16-28-51)46-36-52-29-17-6-18-30-52/h1-30,56-57H,31-46,55H2. The normalized spacial score (nSPS) is 11.9. The Morgan fingerprint density at radius 1 is 0.362 bits per heavy atom. The van der Waals surface area contributed by atoms with Crippen LogP contribution < -0.4 is 16.4 Å². The minimum absolute atomic E-state index is 0.223. The second kappa shape index (κ2) is 23.5. The van der Waals surface area contributed by atoms with Crippen LogP contribution in [0.25, 0.3) is 0 Å². The van der Waals surface area contributed by atoms with E-state index in [9.17, 15) is 0 Å². The van der Waals surface area contributed by atoms with Crippen molar-refractivity contribution in [3.63, 3.8) is 0 Å². The third-order valence-corrected chi connectivity index (χ3v) is 12.3. The molecule has 0 bridgehead atoms. The van der Waals surface area contributed by atoms with Crippen LogP contribution in [0.3, 0.4) is 0 Å². The maximum Gasteiger partial charge on any atom is 0.0397 e. The first-order chi connectivity index (χ1) is 28.7. The van der Waals surface area contributed by atoms with Crippen molar-refractivity contribution in [2.45, 2.75) is 75.3 Å². The summed E-state index contributed by atoms with van der Waals surface area (Å²) in [6, 6.07) is 67.2. The smallest absolute Gasteiger partial charge is 0.0397 e. The molecule has 0 aromatic heterocycles. The van der Waals surface area contributed by atoms with Gasteiger partial charge in [-0.25, -0.2) is 0 Å². The Kier molecular flexibility index (Phi) is 17.4. The number of benzene rings is 6. The molecule has 0 spiro atoms. The van der Waals surface area contributed by atoms with Gasteiger partial charge < -0.3 is 16.4 Å². The molecule has 4 heteroatoms. The average Bonchev–Trinajstić information content (AvgIpc) is 3.29. The van der Waals surface area contributed by atoms with Crippen molar-refractivity contribution in [1.82, 2.24) is 15.5 Å². The molecule has 4 N–H and O–H groups in total. The fourth-order valence-electron chi connectivity index (χ4n) is 9.13. The summed E-state index contributed by atoms with van der Waals surface area (Å²) < 4.78 is 0. The van der Waals surface area contributed by atoms with Gasteiger partial charge in [-0.2, -0.15) is 0 Å². The van der Waals surface area contributed by atoms with Gasteiger partial charge >= 0.3 is 0 Å². The molecule has 58 heavy (non-hydrogen) atoms. The van der Waals surface area contributed by atoms with Gasteiger partial charge in [-0.05, 0) is 97.6 Å². The highest BCUT2D eigenvalue weighted by atomic mass is 15.3. The van der Waals surface area contributed by atoms with Crippen LogP contribution in [-0.2, 0) is 38.5 Å². The zero-order valence-electron chi connectivity index (χ0n) is 34.7. The number of hydrogen-bond acceptors (Lipinski definition) is 4. The molecule has 0 aliphatic heterocycles. The molecule has 0 fully saturated rings. The summed E-state index contributed by atoms with van der Waals surface area (Å²) in [4.78, 5) is 2.98. The Bertz CT molecular complexity index is 1810. The predicted octanol–water partition coefficient (Wildman–Crippen LogP) is 9.92. The summed E-state index contributed by atoms with van der Waals surface area (Å²) in [5, 5.41) is 8.12. The SMILES string of the molecule is NCCNCCNC(CCc1ccccc1)(CCc1ccccc1)C(CCc1ccccc1)(CCc1ccccc1)N(CCc1ccccc1)CCc1ccccc1. The molecule has 0 heterocycles.